The quantitative estimate of drug-likeness (QED) is 0.586. The van der Waals surface area contributed by atoms with Crippen molar-refractivity contribution in [3.63, 3.8) is 0 Å². The molecule has 0 unspecified atom stereocenters. The van der Waals surface area contributed by atoms with Crippen LogP contribution in [0.3, 0.4) is 0 Å². The number of carbonyl (C=O) groups excluding carboxylic acids is 2. The van der Waals surface area contributed by atoms with Crippen LogP contribution in [0.5, 0.6) is 17.2 Å². The van der Waals surface area contributed by atoms with Gasteiger partial charge in [-0.05, 0) is 43.3 Å². The Hall–Kier alpha value is -4.00. The first-order chi connectivity index (χ1) is 15.6. The molecule has 0 fully saturated rings. The van der Waals surface area contributed by atoms with Crippen LogP contribution in [0, 0.1) is 6.92 Å². The Labute approximate surface area is 186 Å². The van der Waals surface area contributed by atoms with Gasteiger partial charge in [-0.1, -0.05) is 35.9 Å². The van der Waals surface area contributed by atoms with Crippen LogP contribution >= 0.6 is 0 Å². The lowest BCUT2D eigenvalue weighted by atomic mass is 10.2. The van der Waals surface area contributed by atoms with Crippen molar-refractivity contribution in [2.24, 2.45) is 0 Å². The molecule has 2 amide bonds. The van der Waals surface area contributed by atoms with Gasteiger partial charge in [0.2, 0.25) is 0 Å². The highest BCUT2D eigenvalue weighted by atomic mass is 16.5. The number of nitrogens with zero attached hydrogens (tertiary/aromatic N) is 1. The fourth-order valence-corrected chi connectivity index (χ4v) is 3.28. The maximum atomic E-state index is 12.4. The lowest BCUT2D eigenvalue weighted by Crippen LogP contribution is -2.41. The summed E-state index contributed by atoms with van der Waals surface area (Å²) in [6.07, 6.45) is 0. The highest BCUT2D eigenvalue weighted by Gasteiger charge is 2.25. The number of para-hydroxylation sites is 1. The number of rotatable bonds is 8. The summed E-state index contributed by atoms with van der Waals surface area (Å²) < 4.78 is 16.8. The fourth-order valence-electron chi connectivity index (χ4n) is 3.28. The molecule has 0 aliphatic carbocycles. The molecule has 32 heavy (non-hydrogen) atoms. The zero-order chi connectivity index (χ0) is 22.3. The Morgan fingerprint density at radius 3 is 2.53 bits per heavy atom. The third-order valence-corrected chi connectivity index (χ3v) is 4.90. The van der Waals surface area contributed by atoms with Gasteiger partial charge < -0.3 is 24.4 Å². The van der Waals surface area contributed by atoms with Gasteiger partial charge in [-0.15, -0.1) is 0 Å². The predicted molar refractivity (Wildman–Crippen MR) is 122 cm³/mol. The van der Waals surface area contributed by atoms with Crippen molar-refractivity contribution >= 4 is 23.2 Å². The summed E-state index contributed by atoms with van der Waals surface area (Å²) in [5.74, 6) is 1.48. The smallest absolute Gasteiger partial charge is 0.265 e. The lowest BCUT2D eigenvalue weighted by molar-refractivity contribution is -0.121. The van der Waals surface area contributed by atoms with Gasteiger partial charge in [-0.25, -0.2) is 0 Å². The summed E-state index contributed by atoms with van der Waals surface area (Å²) in [7, 11) is 0. The van der Waals surface area contributed by atoms with Gasteiger partial charge in [0.15, 0.2) is 13.2 Å². The first-order valence-electron chi connectivity index (χ1n) is 10.3. The van der Waals surface area contributed by atoms with Crippen molar-refractivity contribution < 1.29 is 23.8 Å². The van der Waals surface area contributed by atoms with E-state index in [4.69, 9.17) is 14.2 Å². The van der Waals surface area contributed by atoms with E-state index in [0.29, 0.717) is 36.0 Å². The molecule has 1 aliphatic rings. The first kappa shape index (κ1) is 21.2. The average Bonchev–Trinajstić information content (AvgIpc) is 2.81. The maximum absolute atomic E-state index is 12.4. The van der Waals surface area contributed by atoms with E-state index in [-0.39, 0.29) is 25.0 Å². The van der Waals surface area contributed by atoms with Crippen LogP contribution in [0.2, 0.25) is 0 Å². The number of nitrogens with one attached hydrogen (secondary N) is 1. The molecule has 0 bridgehead atoms. The van der Waals surface area contributed by atoms with Gasteiger partial charge in [0.25, 0.3) is 11.8 Å². The second kappa shape index (κ2) is 9.87. The maximum Gasteiger partial charge on any atom is 0.265 e. The predicted octanol–water partition coefficient (Wildman–Crippen LogP) is 3.82. The Morgan fingerprint density at radius 1 is 1.00 bits per heavy atom. The highest BCUT2D eigenvalue weighted by Crippen LogP contribution is 2.34. The van der Waals surface area contributed by atoms with E-state index in [9.17, 15) is 9.59 Å². The molecule has 0 radical (unpaired) electrons. The first-order valence-corrected chi connectivity index (χ1v) is 10.3. The Bertz CT molecular complexity index is 1080. The van der Waals surface area contributed by atoms with E-state index >= 15 is 0 Å². The minimum atomic E-state index is -0.287. The largest absolute Gasteiger partial charge is 0.492 e. The molecule has 0 aromatic heterocycles. The number of fused-ring (bicyclic) bond motifs is 1. The number of anilines is 2. The standard InChI is InChI=1S/C25H24N2O5/c1-18-7-10-21(11-8-18)31-16-24(28)26-19-9-12-22-23(15-19)32-17-25(29)27(22)13-14-30-20-5-3-2-4-6-20/h2-12,15H,13-14,16-17H2,1H3,(H,26,28). The van der Waals surface area contributed by atoms with Crippen LogP contribution in [0.1, 0.15) is 5.56 Å². The number of hydrogen-bond acceptors (Lipinski definition) is 5. The van der Waals surface area contributed by atoms with Crippen LogP contribution in [0.4, 0.5) is 11.4 Å². The van der Waals surface area contributed by atoms with Crippen molar-refractivity contribution in [1.29, 1.82) is 0 Å². The van der Waals surface area contributed by atoms with E-state index in [2.05, 4.69) is 5.32 Å². The number of carbonyl (C=O) groups is 2. The Morgan fingerprint density at radius 2 is 1.75 bits per heavy atom. The van der Waals surface area contributed by atoms with Crippen LogP contribution in [-0.2, 0) is 9.59 Å². The van der Waals surface area contributed by atoms with Gasteiger partial charge in [0.1, 0.15) is 23.9 Å². The summed E-state index contributed by atoms with van der Waals surface area (Å²) in [6, 6.07) is 22.1. The number of ether oxygens (including phenoxy) is 3. The molecule has 0 saturated heterocycles. The number of aryl methyl sites for hydroxylation is 1. The van der Waals surface area contributed by atoms with E-state index in [0.717, 1.165) is 11.3 Å². The number of hydrogen-bond donors (Lipinski definition) is 1. The van der Waals surface area contributed by atoms with Crippen molar-refractivity contribution in [1.82, 2.24) is 0 Å². The molecule has 3 aromatic carbocycles. The van der Waals surface area contributed by atoms with E-state index in [1.54, 1.807) is 23.1 Å². The number of amides is 2. The Balaban J connectivity index is 1.34. The normalized spacial score (nSPS) is 12.5. The van der Waals surface area contributed by atoms with E-state index < -0.39 is 0 Å². The second-order valence-corrected chi connectivity index (χ2v) is 7.33. The second-order valence-electron chi connectivity index (χ2n) is 7.33. The topological polar surface area (TPSA) is 77.1 Å². The van der Waals surface area contributed by atoms with Gasteiger partial charge in [-0.2, -0.15) is 0 Å². The van der Waals surface area contributed by atoms with Crippen LogP contribution in [-0.4, -0.2) is 38.2 Å². The van der Waals surface area contributed by atoms with Gasteiger partial charge in [-0.3, -0.25) is 9.59 Å². The van der Waals surface area contributed by atoms with Crippen molar-refractivity contribution in [3.8, 4) is 17.2 Å². The SMILES string of the molecule is Cc1ccc(OCC(=O)Nc2ccc3c(c2)OCC(=O)N3CCOc2ccccc2)cc1. The summed E-state index contributed by atoms with van der Waals surface area (Å²) in [5, 5.41) is 2.79. The van der Waals surface area contributed by atoms with Crippen molar-refractivity contribution in [2.75, 3.05) is 36.6 Å². The van der Waals surface area contributed by atoms with Gasteiger partial charge in [0, 0.05) is 11.8 Å². The molecule has 1 N–H and O–H groups in total. The molecular weight excluding hydrogens is 408 g/mol. The van der Waals surface area contributed by atoms with Crippen LogP contribution in [0.15, 0.2) is 72.8 Å². The summed E-state index contributed by atoms with van der Waals surface area (Å²) in [5.41, 5.74) is 2.33. The fraction of sp³-hybridized carbons (Fsp3) is 0.200. The van der Waals surface area contributed by atoms with E-state index in [1.807, 2.05) is 61.5 Å². The van der Waals surface area contributed by atoms with Gasteiger partial charge in [0.05, 0.1) is 12.2 Å². The summed E-state index contributed by atoms with van der Waals surface area (Å²) in [6.45, 7) is 2.55. The molecule has 4 rings (SSSR count). The summed E-state index contributed by atoms with van der Waals surface area (Å²) in [4.78, 5) is 26.3. The minimum absolute atomic E-state index is 0.0632. The van der Waals surface area contributed by atoms with Crippen LogP contribution < -0.4 is 24.4 Å². The molecule has 1 heterocycles. The molecule has 0 atom stereocenters. The average molecular weight is 432 g/mol. The molecular formula is C25H24N2O5. The molecule has 0 saturated carbocycles. The lowest BCUT2D eigenvalue weighted by Gasteiger charge is -2.29. The summed E-state index contributed by atoms with van der Waals surface area (Å²) >= 11 is 0. The minimum Gasteiger partial charge on any atom is -0.492 e. The molecule has 1 aliphatic heterocycles. The molecule has 7 nitrogen and oxygen atoms in total. The van der Waals surface area contributed by atoms with Gasteiger partial charge >= 0.3 is 0 Å². The monoisotopic (exact) mass is 432 g/mol. The van der Waals surface area contributed by atoms with Crippen molar-refractivity contribution in [3.05, 3.63) is 78.4 Å². The molecule has 3 aromatic rings. The molecule has 164 valence electrons. The zero-order valence-electron chi connectivity index (χ0n) is 17.7. The number of benzene rings is 3. The van der Waals surface area contributed by atoms with Crippen molar-refractivity contribution in [2.45, 2.75) is 6.92 Å². The Kier molecular flexibility index (Phi) is 6.55. The van der Waals surface area contributed by atoms with Crippen LogP contribution in [0.25, 0.3) is 0 Å². The molecule has 0 spiro atoms. The molecule has 7 heteroatoms. The third kappa shape index (κ3) is 5.37. The van der Waals surface area contributed by atoms with E-state index in [1.165, 1.54) is 0 Å². The highest BCUT2D eigenvalue weighted by molar-refractivity contribution is 5.99. The zero-order valence-corrected chi connectivity index (χ0v) is 17.7. The third-order valence-electron chi connectivity index (χ3n) is 4.90.